The molecule has 0 radical (unpaired) electrons. The Morgan fingerprint density at radius 2 is 1.95 bits per heavy atom. The van der Waals surface area contributed by atoms with Crippen LogP contribution in [-0.2, 0) is 0 Å². The van der Waals surface area contributed by atoms with Crippen molar-refractivity contribution in [3.63, 3.8) is 0 Å². The molecule has 4 heteroatoms. The van der Waals surface area contributed by atoms with Crippen molar-refractivity contribution in [2.45, 2.75) is 18.4 Å². The molecule has 2 aromatic rings. The fourth-order valence-corrected chi connectivity index (χ4v) is 2.54. The molecule has 19 heavy (non-hydrogen) atoms. The van der Waals surface area contributed by atoms with Crippen LogP contribution in [0.3, 0.4) is 0 Å². The van der Waals surface area contributed by atoms with E-state index in [0.717, 1.165) is 6.42 Å². The molecule has 1 aromatic heterocycles. The number of hydrogen-bond acceptors (Lipinski definition) is 2. The Morgan fingerprint density at radius 1 is 1.16 bits per heavy atom. The molecule has 0 bridgehead atoms. The molecule has 1 aromatic carbocycles. The minimum atomic E-state index is -0.107. The van der Waals surface area contributed by atoms with Gasteiger partial charge in [-0.25, -0.2) is 4.98 Å². The Kier molecular flexibility index (Phi) is 3.34. The molecule has 3 nitrogen and oxygen atoms in total. The molecule has 2 atom stereocenters. The van der Waals surface area contributed by atoms with Crippen LogP contribution in [-0.4, -0.2) is 16.9 Å². The Morgan fingerprint density at radius 3 is 2.68 bits per heavy atom. The molecule has 1 aliphatic carbocycles. The predicted octanol–water partition coefficient (Wildman–Crippen LogP) is 3.13. The summed E-state index contributed by atoms with van der Waals surface area (Å²) in [7, 11) is 0. The van der Waals surface area contributed by atoms with Gasteiger partial charge in [-0.3, -0.25) is 4.79 Å². The highest BCUT2D eigenvalue weighted by atomic mass is 79.9. The lowest BCUT2D eigenvalue weighted by molar-refractivity contribution is 0.0945. The summed E-state index contributed by atoms with van der Waals surface area (Å²) in [5, 5.41) is 3.02. The summed E-state index contributed by atoms with van der Waals surface area (Å²) in [6.45, 7) is 0. The number of hydrogen-bond donors (Lipinski definition) is 1. The highest BCUT2D eigenvalue weighted by Gasteiger charge is 2.39. The number of pyridine rings is 1. The van der Waals surface area contributed by atoms with Crippen LogP contribution in [0, 0.1) is 0 Å². The van der Waals surface area contributed by atoms with Crippen LogP contribution in [0.4, 0.5) is 0 Å². The average molecular weight is 317 g/mol. The number of carbonyl (C=O) groups is 1. The van der Waals surface area contributed by atoms with Gasteiger partial charge in [0.1, 0.15) is 10.3 Å². The Hall–Kier alpha value is -1.68. The average Bonchev–Trinajstić information content (AvgIpc) is 3.19. The van der Waals surface area contributed by atoms with E-state index in [2.05, 4.69) is 38.4 Å². The van der Waals surface area contributed by atoms with Gasteiger partial charge in [-0.2, -0.15) is 0 Å². The number of carbonyl (C=O) groups excluding carboxylic acids is 1. The van der Waals surface area contributed by atoms with Crippen LogP contribution < -0.4 is 5.32 Å². The number of aromatic nitrogens is 1. The quantitative estimate of drug-likeness (QED) is 0.884. The molecule has 1 N–H and O–H groups in total. The maximum atomic E-state index is 12.0. The highest BCUT2D eigenvalue weighted by Crippen LogP contribution is 2.40. The van der Waals surface area contributed by atoms with E-state index in [9.17, 15) is 4.79 Å². The summed E-state index contributed by atoms with van der Waals surface area (Å²) in [5.74, 6) is 0.335. The van der Waals surface area contributed by atoms with E-state index in [1.165, 1.54) is 5.56 Å². The minimum absolute atomic E-state index is 0.107. The van der Waals surface area contributed by atoms with Crippen molar-refractivity contribution in [2.75, 3.05) is 0 Å². The summed E-state index contributed by atoms with van der Waals surface area (Å²) in [6, 6.07) is 15.8. The van der Waals surface area contributed by atoms with Gasteiger partial charge in [-0.05, 0) is 40.0 Å². The molecule has 3 rings (SSSR count). The first kappa shape index (κ1) is 12.4. The van der Waals surface area contributed by atoms with Crippen molar-refractivity contribution < 1.29 is 4.79 Å². The fraction of sp³-hybridized carbons (Fsp3) is 0.200. The molecule has 96 valence electrons. The van der Waals surface area contributed by atoms with E-state index in [1.807, 2.05) is 24.3 Å². The molecule has 0 spiro atoms. The van der Waals surface area contributed by atoms with Crippen molar-refractivity contribution in [1.29, 1.82) is 0 Å². The number of nitrogens with one attached hydrogen (secondary N) is 1. The Balaban J connectivity index is 1.64. The molecule has 1 amide bonds. The van der Waals surface area contributed by atoms with Gasteiger partial charge in [0.15, 0.2) is 0 Å². The molecule has 0 saturated heterocycles. The number of rotatable bonds is 3. The topological polar surface area (TPSA) is 42.0 Å². The largest absolute Gasteiger partial charge is 0.347 e. The van der Waals surface area contributed by atoms with Crippen LogP contribution >= 0.6 is 15.9 Å². The van der Waals surface area contributed by atoms with E-state index < -0.39 is 0 Å². The standard InChI is InChI=1S/C15H13BrN2O/c16-14-8-4-7-12(17-14)15(19)18-13-9-11(13)10-5-2-1-3-6-10/h1-8,11,13H,9H2,(H,18,19). The van der Waals surface area contributed by atoms with Crippen molar-refractivity contribution in [3.05, 3.63) is 64.4 Å². The summed E-state index contributed by atoms with van der Waals surface area (Å²) in [5.41, 5.74) is 1.74. The lowest BCUT2D eigenvalue weighted by atomic mass is 10.1. The van der Waals surface area contributed by atoms with Gasteiger partial charge in [0, 0.05) is 12.0 Å². The van der Waals surface area contributed by atoms with E-state index in [-0.39, 0.29) is 11.9 Å². The molecule has 1 saturated carbocycles. The van der Waals surface area contributed by atoms with E-state index in [0.29, 0.717) is 16.2 Å². The lowest BCUT2D eigenvalue weighted by Gasteiger charge is -2.04. The van der Waals surface area contributed by atoms with Crippen LogP contribution in [0.1, 0.15) is 28.4 Å². The molecule has 1 heterocycles. The van der Waals surface area contributed by atoms with Crippen molar-refractivity contribution in [2.24, 2.45) is 0 Å². The number of benzene rings is 1. The fourth-order valence-electron chi connectivity index (χ4n) is 2.20. The van der Waals surface area contributed by atoms with Crippen LogP contribution in [0.5, 0.6) is 0 Å². The van der Waals surface area contributed by atoms with Gasteiger partial charge in [0.25, 0.3) is 5.91 Å². The van der Waals surface area contributed by atoms with E-state index >= 15 is 0 Å². The Bertz CT molecular complexity index is 600. The van der Waals surface area contributed by atoms with Gasteiger partial charge >= 0.3 is 0 Å². The maximum Gasteiger partial charge on any atom is 0.270 e. The summed E-state index contributed by atoms with van der Waals surface area (Å²) < 4.78 is 0.676. The zero-order valence-corrected chi connectivity index (χ0v) is 11.8. The number of amides is 1. The van der Waals surface area contributed by atoms with Gasteiger partial charge in [0.05, 0.1) is 0 Å². The molecule has 2 unspecified atom stereocenters. The van der Waals surface area contributed by atoms with Crippen molar-refractivity contribution >= 4 is 21.8 Å². The van der Waals surface area contributed by atoms with Gasteiger partial charge in [-0.1, -0.05) is 36.4 Å². The lowest BCUT2D eigenvalue weighted by Crippen LogP contribution is -2.27. The highest BCUT2D eigenvalue weighted by molar-refractivity contribution is 9.10. The van der Waals surface area contributed by atoms with Crippen molar-refractivity contribution in [3.8, 4) is 0 Å². The van der Waals surface area contributed by atoms with E-state index in [4.69, 9.17) is 0 Å². The summed E-state index contributed by atoms with van der Waals surface area (Å²) in [6.07, 6.45) is 1.00. The van der Waals surface area contributed by atoms with Crippen LogP contribution in [0.2, 0.25) is 0 Å². The van der Waals surface area contributed by atoms with Gasteiger partial charge < -0.3 is 5.32 Å². The first-order valence-corrected chi connectivity index (χ1v) is 7.02. The van der Waals surface area contributed by atoms with Crippen LogP contribution in [0.25, 0.3) is 0 Å². The van der Waals surface area contributed by atoms with Crippen LogP contribution in [0.15, 0.2) is 53.1 Å². The molecule has 1 aliphatic rings. The normalized spacial score (nSPS) is 20.9. The zero-order valence-electron chi connectivity index (χ0n) is 10.2. The maximum absolute atomic E-state index is 12.0. The van der Waals surface area contributed by atoms with Gasteiger partial charge in [-0.15, -0.1) is 0 Å². The SMILES string of the molecule is O=C(NC1CC1c1ccccc1)c1cccc(Br)n1. The summed E-state index contributed by atoms with van der Waals surface area (Å²) in [4.78, 5) is 16.2. The third kappa shape index (κ3) is 2.84. The Labute approximate surface area is 120 Å². The molecular formula is C15H13BrN2O. The number of halogens is 1. The zero-order chi connectivity index (χ0) is 13.2. The second-order valence-electron chi connectivity index (χ2n) is 4.68. The predicted molar refractivity (Wildman–Crippen MR) is 77.0 cm³/mol. The second-order valence-corrected chi connectivity index (χ2v) is 5.49. The van der Waals surface area contributed by atoms with Gasteiger partial charge in [0.2, 0.25) is 0 Å². The first-order chi connectivity index (χ1) is 9.24. The third-order valence-corrected chi connectivity index (χ3v) is 3.72. The molecule has 1 fully saturated rings. The number of nitrogens with zero attached hydrogens (tertiary/aromatic N) is 1. The smallest absolute Gasteiger partial charge is 0.270 e. The molecular weight excluding hydrogens is 304 g/mol. The first-order valence-electron chi connectivity index (χ1n) is 6.22. The third-order valence-electron chi connectivity index (χ3n) is 3.28. The van der Waals surface area contributed by atoms with E-state index in [1.54, 1.807) is 12.1 Å². The minimum Gasteiger partial charge on any atom is -0.347 e. The summed E-state index contributed by atoms with van der Waals surface area (Å²) >= 11 is 3.27. The monoisotopic (exact) mass is 316 g/mol. The second kappa shape index (κ2) is 5.13. The van der Waals surface area contributed by atoms with Crippen molar-refractivity contribution in [1.82, 2.24) is 10.3 Å². The molecule has 0 aliphatic heterocycles.